The van der Waals surface area contributed by atoms with Crippen molar-refractivity contribution >= 4 is 11.6 Å². The Balaban J connectivity index is 1.96. The average Bonchev–Trinajstić information content (AvgIpc) is 2.45. The molecule has 0 aromatic heterocycles. The Morgan fingerprint density at radius 3 is 2.62 bits per heavy atom. The molecule has 5 heteroatoms. The molecule has 2 aromatic rings. The molecule has 2 aromatic carbocycles. The van der Waals surface area contributed by atoms with Gasteiger partial charge in [0, 0.05) is 11.8 Å². The highest BCUT2D eigenvalue weighted by atomic mass is 19.2. The van der Waals surface area contributed by atoms with Gasteiger partial charge in [0.15, 0.2) is 18.2 Å². The highest BCUT2D eigenvalue weighted by Crippen LogP contribution is 2.18. The molecule has 0 atom stereocenters. The molecule has 0 spiro atoms. The second-order valence-electron chi connectivity index (χ2n) is 4.66. The Kier molecular flexibility index (Phi) is 4.52. The number of carbonyl (C=O) groups is 1. The fourth-order valence-electron chi connectivity index (χ4n) is 1.79. The third-order valence-corrected chi connectivity index (χ3v) is 3.14. The summed E-state index contributed by atoms with van der Waals surface area (Å²) in [4.78, 5) is 11.8. The number of nitrogens with one attached hydrogen (secondary N) is 1. The predicted octanol–water partition coefficient (Wildman–Crippen LogP) is 3.60. The molecule has 2 rings (SSSR count). The number of ether oxygens (including phenoxy) is 1. The summed E-state index contributed by atoms with van der Waals surface area (Å²) in [6.07, 6.45) is 0. The molecule has 0 aliphatic heterocycles. The zero-order valence-corrected chi connectivity index (χ0v) is 11.7. The summed E-state index contributed by atoms with van der Waals surface area (Å²) < 4.78 is 30.9. The van der Waals surface area contributed by atoms with Crippen LogP contribution in [-0.4, -0.2) is 12.5 Å². The van der Waals surface area contributed by atoms with Crippen LogP contribution >= 0.6 is 0 Å². The molecule has 0 saturated carbocycles. The molecule has 0 fully saturated rings. The lowest BCUT2D eigenvalue weighted by atomic mass is 10.1. The number of aryl methyl sites for hydroxylation is 1. The number of benzene rings is 2. The summed E-state index contributed by atoms with van der Waals surface area (Å²) in [6, 6.07) is 8.70. The Hall–Kier alpha value is -2.43. The van der Waals surface area contributed by atoms with Crippen LogP contribution in [-0.2, 0) is 4.79 Å². The smallest absolute Gasteiger partial charge is 0.262 e. The van der Waals surface area contributed by atoms with Crippen molar-refractivity contribution in [2.45, 2.75) is 13.8 Å². The SMILES string of the molecule is Cc1cccc(NC(=O)COc2ccc(F)c(F)c2)c1C. The molecule has 0 radical (unpaired) electrons. The molecule has 0 saturated heterocycles. The van der Waals surface area contributed by atoms with Gasteiger partial charge < -0.3 is 10.1 Å². The van der Waals surface area contributed by atoms with E-state index in [0.29, 0.717) is 5.69 Å². The third-order valence-electron chi connectivity index (χ3n) is 3.14. The molecule has 1 amide bonds. The Morgan fingerprint density at radius 1 is 1.14 bits per heavy atom. The number of anilines is 1. The van der Waals surface area contributed by atoms with E-state index in [1.165, 1.54) is 6.07 Å². The minimum atomic E-state index is -1.01. The first-order valence-electron chi connectivity index (χ1n) is 6.41. The van der Waals surface area contributed by atoms with Gasteiger partial charge in [-0.1, -0.05) is 12.1 Å². The molecule has 0 bridgehead atoms. The van der Waals surface area contributed by atoms with Gasteiger partial charge in [-0.05, 0) is 43.2 Å². The summed E-state index contributed by atoms with van der Waals surface area (Å²) in [7, 11) is 0. The van der Waals surface area contributed by atoms with E-state index >= 15 is 0 Å². The zero-order valence-electron chi connectivity index (χ0n) is 11.7. The monoisotopic (exact) mass is 291 g/mol. The normalized spacial score (nSPS) is 10.3. The van der Waals surface area contributed by atoms with Crippen LogP contribution in [0.2, 0.25) is 0 Å². The maximum absolute atomic E-state index is 13.0. The lowest BCUT2D eigenvalue weighted by Crippen LogP contribution is -2.20. The van der Waals surface area contributed by atoms with Gasteiger partial charge in [-0.25, -0.2) is 8.78 Å². The van der Waals surface area contributed by atoms with E-state index in [1.807, 2.05) is 26.0 Å². The topological polar surface area (TPSA) is 38.3 Å². The van der Waals surface area contributed by atoms with Crippen molar-refractivity contribution in [2.75, 3.05) is 11.9 Å². The summed E-state index contributed by atoms with van der Waals surface area (Å²) in [5, 5.41) is 2.72. The number of hydrogen-bond donors (Lipinski definition) is 1. The van der Waals surface area contributed by atoms with E-state index in [9.17, 15) is 13.6 Å². The lowest BCUT2D eigenvalue weighted by Gasteiger charge is -2.11. The van der Waals surface area contributed by atoms with E-state index < -0.39 is 11.6 Å². The average molecular weight is 291 g/mol. The first-order chi connectivity index (χ1) is 9.97. The van der Waals surface area contributed by atoms with Crippen molar-refractivity contribution in [3.05, 3.63) is 59.2 Å². The highest BCUT2D eigenvalue weighted by molar-refractivity contribution is 5.92. The van der Waals surface area contributed by atoms with Gasteiger partial charge in [0.05, 0.1) is 0 Å². The number of amides is 1. The number of carbonyl (C=O) groups excluding carboxylic acids is 1. The molecule has 21 heavy (non-hydrogen) atoms. The fourth-order valence-corrected chi connectivity index (χ4v) is 1.79. The Morgan fingerprint density at radius 2 is 1.90 bits per heavy atom. The maximum atomic E-state index is 13.0. The van der Waals surface area contributed by atoms with E-state index in [4.69, 9.17) is 4.74 Å². The molecule has 0 heterocycles. The van der Waals surface area contributed by atoms with Crippen LogP contribution in [0.3, 0.4) is 0 Å². The quantitative estimate of drug-likeness (QED) is 0.934. The summed E-state index contributed by atoms with van der Waals surface area (Å²) >= 11 is 0. The van der Waals surface area contributed by atoms with Crippen molar-refractivity contribution in [3.8, 4) is 5.75 Å². The minimum Gasteiger partial charge on any atom is -0.484 e. The Bertz CT molecular complexity index is 671. The maximum Gasteiger partial charge on any atom is 0.262 e. The lowest BCUT2D eigenvalue weighted by molar-refractivity contribution is -0.118. The van der Waals surface area contributed by atoms with Gasteiger partial charge in [-0.3, -0.25) is 4.79 Å². The standard InChI is InChI=1S/C16H15F2NO2/c1-10-4-3-5-15(11(10)2)19-16(20)9-21-12-6-7-13(17)14(18)8-12/h3-8H,9H2,1-2H3,(H,19,20). The van der Waals surface area contributed by atoms with E-state index in [1.54, 1.807) is 6.07 Å². The van der Waals surface area contributed by atoms with Crippen LogP contribution in [0.1, 0.15) is 11.1 Å². The molecule has 0 unspecified atom stereocenters. The molecule has 1 N–H and O–H groups in total. The summed E-state index contributed by atoms with van der Waals surface area (Å²) in [5.41, 5.74) is 2.74. The van der Waals surface area contributed by atoms with Gasteiger partial charge in [0.1, 0.15) is 5.75 Å². The van der Waals surface area contributed by atoms with Crippen LogP contribution in [0.5, 0.6) is 5.75 Å². The second kappa shape index (κ2) is 6.35. The third kappa shape index (κ3) is 3.78. The van der Waals surface area contributed by atoms with Crippen molar-refractivity contribution in [1.82, 2.24) is 0 Å². The van der Waals surface area contributed by atoms with E-state index in [0.717, 1.165) is 23.3 Å². The van der Waals surface area contributed by atoms with Crippen LogP contribution < -0.4 is 10.1 Å². The number of rotatable bonds is 4. The summed E-state index contributed by atoms with van der Waals surface area (Å²) in [5.74, 6) is -2.23. The first-order valence-corrected chi connectivity index (χ1v) is 6.41. The Labute approximate surface area is 121 Å². The number of halogens is 2. The zero-order chi connectivity index (χ0) is 15.4. The van der Waals surface area contributed by atoms with Crippen molar-refractivity contribution < 1.29 is 18.3 Å². The second-order valence-corrected chi connectivity index (χ2v) is 4.66. The van der Waals surface area contributed by atoms with Gasteiger partial charge in [0.2, 0.25) is 0 Å². The van der Waals surface area contributed by atoms with E-state index in [-0.39, 0.29) is 18.3 Å². The van der Waals surface area contributed by atoms with Crippen molar-refractivity contribution in [3.63, 3.8) is 0 Å². The molecule has 0 aliphatic carbocycles. The molecule has 110 valence electrons. The molecular weight excluding hydrogens is 276 g/mol. The molecular formula is C16H15F2NO2. The number of hydrogen-bond acceptors (Lipinski definition) is 2. The van der Waals surface area contributed by atoms with Crippen molar-refractivity contribution in [2.24, 2.45) is 0 Å². The van der Waals surface area contributed by atoms with Crippen LogP contribution in [0.15, 0.2) is 36.4 Å². The van der Waals surface area contributed by atoms with E-state index in [2.05, 4.69) is 5.32 Å². The minimum absolute atomic E-state index is 0.102. The fraction of sp³-hybridized carbons (Fsp3) is 0.188. The van der Waals surface area contributed by atoms with Gasteiger partial charge in [-0.2, -0.15) is 0 Å². The predicted molar refractivity (Wildman–Crippen MR) is 76.4 cm³/mol. The summed E-state index contributed by atoms with van der Waals surface area (Å²) in [6.45, 7) is 3.57. The molecule has 3 nitrogen and oxygen atoms in total. The highest BCUT2D eigenvalue weighted by Gasteiger charge is 2.08. The van der Waals surface area contributed by atoms with Crippen LogP contribution in [0, 0.1) is 25.5 Å². The van der Waals surface area contributed by atoms with Gasteiger partial charge in [0.25, 0.3) is 5.91 Å². The van der Waals surface area contributed by atoms with Gasteiger partial charge >= 0.3 is 0 Å². The molecule has 0 aliphatic rings. The van der Waals surface area contributed by atoms with Crippen molar-refractivity contribution in [1.29, 1.82) is 0 Å². The first kappa shape index (κ1) is 15.0. The van der Waals surface area contributed by atoms with Gasteiger partial charge in [-0.15, -0.1) is 0 Å². The van der Waals surface area contributed by atoms with Crippen LogP contribution in [0.4, 0.5) is 14.5 Å². The van der Waals surface area contributed by atoms with Crippen LogP contribution in [0.25, 0.3) is 0 Å². The largest absolute Gasteiger partial charge is 0.484 e.